The highest BCUT2D eigenvalue weighted by Crippen LogP contribution is 2.56. The van der Waals surface area contributed by atoms with Gasteiger partial charge < -0.3 is 15.8 Å². The lowest BCUT2D eigenvalue weighted by Gasteiger charge is -2.66. The van der Waals surface area contributed by atoms with E-state index in [4.69, 9.17) is 10.5 Å². The van der Waals surface area contributed by atoms with E-state index in [2.05, 4.69) is 19.2 Å². The first-order valence-corrected chi connectivity index (χ1v) is 6.29. The number of hydrogen-bond acceptors (Lipinski definition) is 3. The molecule has 1 heterocycles. The van der Waals surface area contributed by atoms with Crippen molar-refractivity contribution in [2.75, 3.05) is 19.7 Å². The Hall–Kier alpha value is -0.260. The van der Waals surface area contributed by atoms with Crippen LogP contribution in [0.1, 0.15) is 26.7 Å². The Kier molecular flexibility index (Phi) is 3.45. The van der Waals surface area contributed by atoms with Crippen molar-refractivity contribution >= 4 is 0 Å². The van der Waals surface area contributed by atoms with E-state index < -0.39 is 12.0 Å². The zero-order chi connectivity index (χ0) is 12.7. The van der Waals surface area contributed by atoms with Gasteiger partial charge in [-0.25, -0.2) is 8.78 Å². The van der Waals surface area contributed by atoms with Gasteiger partial charge in [0.25, 0.3) is 6.43 Å². The molecule has 3 atom stereocenters. The number of fused-ring (bicyclic) bond motifs is 1. The molecule has 2 fully saturated rings. The van der Waals surface area contributed by atoms with E-state index in [0.29, 0.717) is 12.5 Å². The maximum absolute atomic E-state index is 12.1. The molecule has 0 radical (unpaired) electrons. The molecule has 0 bridgehead atoms. The smallest absolute Gasteiger partial charge is 0.250 e. The standard InChI is InChI=1S/C12H22F2N2O/c1-11(2)10-8(4-3-5-17-10)12(11,15)7-16-6-9(13)14/h8-10,16H,3-7,15H2,1-2H3. The molecule has 2 aliphatic rings. The maximum Gasteiger partial charge on any atom is 0.250 e. The summed E-state index contributed by atoms with van der Waals surface area (Å²) in [6.45, 7) is 5.10. The maximum atomic E-state index is 12.1. The van der Waals surface area contributed by atoms with Gasteiger partial charge in [-0.05, 0) is 12.8 Å². The first-order chi connectivity index (χ1) is 7.89. The second-order valence-corrected chi connectivity index (χ2v) is 5.82. The summed E-state index contributed by atoms with van der Waals surface area (Å²) in [4.78, 5) is 0. The van der Waals surface area contributed by atoms with Gasteiger partial charge in [-0.15, -0.1) is 0 Å². The van der Waals surface area contributed by atoms with Crippen LogP contribution >= 0.6 is 0 Å². The van der Waals surface area contributed by atoms with Crippen molar-refractivity contribution in [1.29, 1.82) is 0 Å². The van der Waals surface area contributed by atoms with E-state index in [9.17, 15) is 8.78 Å². The monoisotopic (exact) mass is 248 g/mol. The van der Waals surface area contributed by atoms with Crippen LogP contribution in [-0.2, 0) is 4.74 Å². The number of ether oxygens (including phenoxy) is 1. The minimum Gasteiger partial charge on any atom is -0.377 e. The molecule has 3 N–H and O–H groups in total. The van der Waals surface area contributed by atoms with E-state index in [1.165, 1.54) is 0 Å². The number of alkyl halides is 2. The molecular weight excluding hydrogens is 226 g/mol. The van der Waals surface area contributed by atoms with Crippen molar-refractivity contribution < 1.29 is 13.5 Å². The summed E-state index contributed by atoms with van der Waals surface area (Å²) in [5.74, 6) is 0.302. The number of hydrogen-bond donors (Lipinski definition) is 2. The molecule has 1 saturated heterocycles. The fourth-order valence-electron chi connectivity index (χ4n) is 3.41. The third-order valence-electron chi connectivity index (χ3n) is 4.61. The van der Waals surface area contributed by atoms with E-state index in [-0.39, 0.29) is 18.1 Å². The Morgan fingerprint density at radius 2 is 2.18 bits per heavy atom. The Morgan fingerprint density at radius 1 is 1.47 bits per heavy atom. The van der Waals surface area contributed by atoms with Crippen molar-refractivity contribution in [1.82, 2.24) is 5.32 Å². The molecule has 100 valence electrons. The van der Waals surface area contributed by atoms with E-state index in [1.54, 1.807) is 0 Å². The molecule has 17 heavy (non-hydrogen) atoms. The summed E-state index contributed by atoms with van der Waals surface area (Å²) in [5.41, 5.74) is 5.86. The van der Waals surface area contributed by atoms with Gasteiger partial charge in [-0.1, -0.05) is 13.8 Å². The Bertz CT molecular complexity index is 286. The number of rotatable bonds is 4. The quantitative estimate of drug-likeness (QED) is 0.790. The first-order valence-electron chi connectivity index (χ1n) is 6.29. The number of nitrogens with two attached hydrogens (primary N) is 1. The predicted octanol–water partition coefficient (Wildman–Crippen LogP) is 1.37. The molecular formula is C12H22F2N2O. The summed E-state index contributed by atoms with van der Waals surface area (Å²) in [6.07, 6.45) is -0.0683. The molecule has 0 aromatic heterocycles. The summed E-state index contributed by atoms with van der Waals surface area (Å²) in [7, 11) is 0. The summed E-state index contributed by atoms with van der Waals surface area (Å²) >= 11 is 0. The average Bonchev–Trinajstić information content (AvgIpc) is 2.28. The third kappa shape index (κ3) is 1.98. The summed E-state index contributed by atoms with van der Waals surface area (Å²) in [5, 5.41) is 2.79. The lowest BCUT2D eigenvalue weighted by molar-refractivity contribution is -0.225. The SMILES string of the molecule is CC1(C)C2OCCCC2C1(N)CNCC(F)F. The number of halogens is 2. The molecule has 0 amide bonds. The van der Waals surface area contributed by atoms with Gasteiger partial charge in [0.2, 0.25) is 0 Å². The molecule has 1 aliphatic carbocycles. The molecule has 3 unspecified atom stereocenters. The van der Waals surface area contributed by atoms with Crippen LogP contribution in [0.3, 0.4) is 0 Å². The minimum absolute atomic E-state index is 0.146. The lowest BCUT2D eigenvalue weighted by Crippen LogP contribution is -2.80. The third-order valence-corrected chi connectivity index (χ3v) is 4.61. The molecule has 1 saturated carbocycles. The lowest BCUT2D eigenvalue weighted by atomic mass is 9.46. The fraction of sp³-hybridized carbons (Fsp3) is 1.00. The Morgan fingerprint density at radius 3 is 2.82 bits per heavy atom. The molecule has 5 heteroatoms. The normalized spacial score (nSPS) is 39.9. The molecule has 3 nitrogen and oxygen atoms in total. The fourth-order valence-corrected chi connectivity index (χ4v) is 3.41. The van der Waals surface area contributed by atoms with Gasteiger partial charge in [0, 0.05) is 30.0 Å². The highest BCUT2D eigenvalue weighted by molar-refractivity contribution is 5.20. The van der Waals surface area contributed by atoms with E-state index in [0.717, 1.165) is 19.4 Å². The Balaban J connectivity index is 1.97. The van der Waals surface area contributed by atoms with Gasteiger partial charge >= 0.3 is 0 Å². The topological polar surface area (TPSA) is 47.3 Å². The van der Waals surface area contributed by atoms with Gasteiger partial charge in [0.1, 0.15) is 0 Å². The van der Waals surface area contributed by atoms with Crippen LogP contribution in [0.4, 0.5) is 8.78 Å². The second kappa shape index (κ2) is 4.44. The van der Waals surface area contributed by atoms with Crippen LogP contribution < -0.4 is 11.1 Å². The first kappa shape index (κ1) is 13.2. The predicted molar refractivity (Wildman–Crippen MR) is 62.0 cm³/mol. The highest BCUT2D eigenvalue weighted by atomic mass is 19.3. The van der Waals surface area contributed by atoms with Gasteiger partial charge in [-0.2, -0.15) is 0 Å². The van der Waals surface area contributed by atoms with Crippen LogP contribution in [0, 0.1) is 11.3 Å². The second-order valence-electron chi connectivity index (χ2n) is 5.82. The van der Waals surface area contributed by atoms with E-state index >= 15 is 0 Å². The van der Waals surface area contributed by atoms with Crippen LogP contribution in [-0.4, -0.2) is 37.8 Å². The highest BCUT2D eigenvalue weighted by Gasteiger charge is 2.65. The van der Waals surface area contributed by atoms with Crippen molar-refractivity contribution in [2.45, 2.75) is 44.8 Å². The molecule has 0 spiro atoms. The number of nitrogens with one attached hydrogen (secondary N) is 1. The minimum atomic E-state index is -2.32. The zero-order valence-corrected chi connectivity index (χ0v) is 10.5. The van der Waals surface area contributed by atoms with Gasteiger partial charge in [-0.3, -0.25) is 0 Å². The van der Waals surface area contributed by atoms with Crippen LogP contribution in [0.2, 0.25) is 0 Å². The van der Waals surface area contributed by atoms with Crippen molar-refractivity contribution in [2.24, 2.45) is 17.1 Å². The molecule has 0 aromatic carbocycles. The Labute approximate surface area is 101 Å². The van der Waals surface area contributed by atoms with Crippen LogP contribution in [0.5, 0.6) is 0 Å². The van der Waals surface area contributed by atoms with Crippen molar-refractivity contribution in [3.63, 3.8) is 0 Å². The average molecular weight is 248 g/mol. The van der Waals surface area contributed by atoms with Crippen LogP contribution in [0.15, 0.2) is 0 Å². The van der Waals surface area contributed by atoms with Crippen LogP contribution in [0.25, 0.3) is 0 Å². The molecule has 1 aliphatic heterocycles. The van der Waals surface area contributed by atoms with Gasteiger partial charge in [0.15, 0.2) is 0 Å². The van der Waals surface area contributed by atoms with Gasteiger partial charge in [0.05, 0.1) is 12.6 Å². The molecule has 0 aromatic rings. The summed E-state index contributed by atoms with van der Waals surface area (Å²) in [6, 6.07) is 0. The van der Waals surface area contributed by atoms with E-state index in [1.807, 2.05) is 0 Å². The largest absolute Gasteiger partial charge is 0.377 e. The zero-order valence-electron chi connectivity index (χ0n) is 10.5. The summed E-state index contributed by atoms with van der Waals surface area (Å²) < 4.78 is 30.0. The molecule has 2 rings (SSSR count). The van der Waals surface area contributed by atoms with Crippen molar-refractivity contribution in [3.8, 4) is 0 Å². The van der Waals surface area contributed by atoms with Crippen molar-refractivity contribution in [3.05, 3.63) is 0 Å².